The third-order valence-corrected chi connectivity index (χ3v) is 5.73. The van der Waals surface area contributed by atoms with Crippen LogP contribution in [-0.2, 0) is 16.9 Å². The van der Waals surface area contributed by atoms with Crippen molar-refractivity contribution in [3.8, 4) is 0 Å². The number of rotatable bonds is 4. The minimum absolute atomic E-state index is 0.216. The lowest BCUT2D eigenvalue weighted by atomic mass is 9.82. The molecule has 0 bridgehead atoms. The number of hydrogen-bond donors (Lipinski definition) is 1. The third-order valence-electron chi connectivity index (χ3n) is 5.73. The normalized spacial score (nSPS) is 15.4. The quantitative estimate of drug-likeness (QED) is 0.506. The second-order valence-corrected chi connectivity index (χ2v) is 7.44. The smallest absolute Gasteiger partial charge is 0.315 e. The molecule has 146 valence electrons. The summed E-state index contributed by atoms with van der Waals surface area (Å²) in [5.74, 6) is -0.266. The summed E-state index contributed by atoms with van der Waals surface area (Å²) in [4.78, 5) is 28.2. The molecule has 0 aliphatic carbocycles. The number of fused-ring (bicyclic) bond motifs is 1. The van der Waals surface area contributed by atoms with Gasteiger partial charge in [0.25, 0.3) is 5.91 Å². The predicted octanol–water partition coefficient (Wildman–Crippen LogP) is 4.84. The zero-order valence-corrected chi connectivity index (χ0v) is 16.3. The van der Waals surface area contributed by atoms with Gasteiger partial charge >= 0.3 is 6.03 Å². The first kappa shape index (κ1) is 18.1. The van der Waals surface area contributed by atoms with Crippen molar-refractivity contribution in [3.63, 3.8) is 0 Å². The van der Waals surface area contributed by atoms with Crippen LogP contribution in [0.15, 0.2) is 103 Å². The Balaban J connectivity index is 1.61. The highest BCUT2D eigenvalue weighted by Gasteiger charge is 2.53. The van der Waals surface area contributed by atoms with Crippen LogP contribution in [0.3, 0.4) is 0 Å². The SMILES string of the molecule is O=C1NC(c2ccccc2)(c2ccccc2)C(=O)N1Cc1cccc2ccccc12. The van der Waals surface area contributed by atoms with Gasteiger partial charge in [-0.15, -0.1) is 0 Å². The molecule has 0 atom stereocenters. The zero-order valence-electron chi connectivity index (χ0n) is 16.3. The molecule has 1 heterocycles. The van der Waals surface area contributed by atoms with Gasteiger partial charge < -0.3 is 5.32 Å². The minimum Gasteiger partial charge on any atom is -0.315 e. The fourth-order valence-corrected chi connectivity index (χ4v) is 4.25. The van der Waals surface area contributed by atoms with Crippen molar-refractivity contribution in [3.05, 3.63) is 120 Å². The van der Waals surface area contributed by atoms with Crippen molar-refractivity contribution >= 4 is 22.7 Å². The Morgan fingerprint density at radius 1 is 0.667 bits per heavy atom. The Morgan fingerprint density at radius 3 is 1.90 bits per heavy atom. The van der Waals surface area contributed by atoms with E-state index in [0.717, 1.165) is 27.5 Å². The number of urea groups is 1. The average Bonchev–Trinajstić information content (AvgIpc) is 3.06. The fraction of sp³-hybridized carbons (Fsp3) is 0.0769. The molecule has 1 N–H and O–H groups in total. The Kier molecular flexibility index (Phi) is 4.32. The maximum Gasteiger partial charge on any atom is 0.325 e. The molecule has 5 rings (SSSR count). The fourth-order valence-electron chi connectivity index (χ4n) is 4.25. The van der Waals surface area contributed by atoms with Gasteiger partial charge in [0.2, 0.25) is 0 Å². The van der Waals surface area contributed by atoms with E-state index in [2.05, 4.69) is 5.32 Å². The van der Waals surface area contributed by atoms with Gasteiger partial charge in [-0.2, -0.15) is 0 Å². The molecule has 1 aliphatic heterocycles. The summed E-state index contributed by atoms with van der Waals surface area (Å²) >= 11 is 0. The molecule has 4 heteroatoms. The van der Waals surface area contributed by atoms with E-state index in [1.165, 1.54) is 4.90 Å². The van der Waals surface area contributed by atoms with Crippen LogP contribution in [0.25, 0.3) is 10.8 Å². The second kappa shape index (κ2) is 7.16. The first-order chi connectivity index (χ1) is 14.7. The molecule has 1 aliphatic rings. The standard InChI is InChI=1S/C26H20N2O2/c29-24-26(21-13-3-1-4-14-21,22-15-5-2-6-16-22)27-25(30)28(24)18-20-12-9-11-19-10-7-8-17-23(19)20/h1-17H,18H2,(H,27,30). The van der Waals surface area contributed by atoms with E-state index in [0.29, 0.717) is 0 Å². The summed E-state index contributed by atoms with van der Waals surface area (Å²) < 4.78 is 0. The Morgan fingerprint density at radius 2 is 1.23 bits per heavy atom. The Labute approximate surface area is 174 Å². The van der Waals surface area contributed by atoms with Crippen LogP contribution < -0.4 is 5.32 Å². The van der Waals surface area contributed by atoms with Crippen LogP contribution >= 0.6 is 0 Å². The number of hydrogen-bond acceptors (Lipinski definition) is 2. The lowest BCUT2D eigenvalue weighted by Gasteiger charge is -2.28. The van der Waals surface area contributed by atoms with E-state index in [1.54, 1.807) is 0 Å². The Hall–Kier alpha value is -3.92. The van der Waals surface area contributed by atoms with Crippen molar-refractivity contribution in [2.45, 2.75) is 12.1 Å². The molecule has 0 unspecified atom stereocenters. The zero-order chi connectivity index (χ0) is 20.6. The van der Waals surface area contributed by atoms with E-state index >= 15 is 0 Å². The van der Waals surface area contributed by atoms with Crippen LogP contribution in [-0.4, -0.2) is 16.8 Å². The molecule has 4 nitrogen and oxygen atoms in total. The van der Waals surface area contributed by atoms with E-state index < -0.39 is 5.54 Å². The first-order valence-corrected chi connectivity index (χ1v) is 9.92. The molecular formula is C26H20N2O2. The Bertz CT molecular complexity index is 1190. The highest BCUT2D eigenvalue weighted by Crippen LogP contribution is 2.37. The average molecular weight is 392 g/mol. The van der Waals surface area contributed by atoms with E-state index in [4.69, 9.17) is 0 Å². The van der Waals surface area contributed by atoms with Gasteiger partial charge in [0.1, 0.15) is 0 Å². The monoisotopic (exact) mass is 392 g/mol. The number of imide groups is 1. The molecule has 0 saturated carbocycles. The van der Waals surface area contributed by atoms with Gasteiger partial charge in [-0.3, -0.25) is 9.69 Å². The maximum atomic E-state index is 13.8. The van der Waals surface area contributed by atoms with Gasteiger partial charge in [0.15, 0.2) is 5.54 Å². The topological polar surface area (TPSA) is 49.4 Å². The van der Waals surface area contributed by atoms with Gasteiger partial charge in [-0.1, -0.05) is 103 Å². The van der Waals surface area contributed by atoms with Crippen molar-refractivity contribution in [1.82, 2.24) is 10.2 Å². The molecule has 4 aromatic rings. The largest absolute Gasteiger partial charge is 0.325 e. The third kappa shape index (κ3) is 2.77. The van der Waals surface area contributed by atoms with Gasteiger partial charge in [-0.25, -0.2) is 4.79 Å². The minimum atomic E-state index is -1.23. The summed E-state index contributed by atoms with van der Waals surface area (Å²) in [7, 11) is 0. The molecule has 4 aromatic carbocycles. The lowest BCUT2D eigenvalue weighted by Crippen LogP contribution is -2.45. The molecule has 1 saturated heterocycles. The maximum absolute atomic E-state index is 13.8. The van der Waals surface area contributed by atoms with E-state index in [-0.39, 0.29) is 18.5 Å². The van der Waals surface area contributed by atoms with Gasteiger partial charge in [-0.05, 0) is 27.5 Å². The highest BCUT2D eigenvalue weighted by atomic mass is 16.2. The van der Waals surface area contributed by atoms with Crippen LogP contribution in [0.5, 0.6) is 0 Å². The number of carbonyl (C=O) groups excluding carboxylic acids is 2. The molecular weight excluding hydrogens is 372 g/mol. The number of nitrogens with zero attached hydrogens (tertiary/aromatic N) is 1. The van der Waals surface area contributed by atoms with Crippen LogP contribution in [0, 0.1) is 0 Å². The van der Waals surface area contributed by atoms with E-state index in [9.17, 15) is 9.59 Å². The molecule has 0 radical (unpaired) electrons. The first-order valence-electron chi connectivity index (χ1n) is 9.92. The van der Waals surface area contributed by atoms with Crippen molar-refractivity contribution in [1.29, 1.82) is 0 Å². The van der Waals surface area contributed by atoms with Crippen LogP contribution in [0.4, 0.5) is 4.79 Å². The van der Waals surface area contributed by atoms with Crippen molar-refractivity contribution in [2.75, 3.05) is 0 Å². The van der Waals surface area contributed by atoms with Gasteiger partial charge in [0, 0.05) is 0 Å². The number of benzene rings is 4. The summed E-state index contributed by atoms with van der Waals surface area (Å²) in [5, 5.41) is 5.13. The van der Waals surface area contributed by atoms with Crippen molar-refractivity contribution < 1.29 is 9.59 Å². The number of carbonyl (C=O) groups is 2. The number of nitrogens with one attached hydrogen (secondary N) is 1. The van der Waals surface area contributed by atoms with Crippen LogP contribution in [0.1, 0.15) is 16.7 Å². The summed E-state index contributed by atoms with van der Waals surface area (Å²) in [6.45, 7) is 0.216. The lowest BCUT2D eigenvalue weighted by molar-refractivity contribution is -0.130. The summed E-state index contributed by atoms with van der Waals surface area (Å²) in [6, 6.07) is 32.4. The molecule has 3 amide bonds. The molecule has 1 fully saturated rings. The molecule has 0 spiro atoms. The highest BCUT2D eigenvalue weighted by molar-refractivity contribution is 6.09. The summed E-state index contributed by atoms with van der Waals surface area (Å²) in [6.07, 6.45) is 0. The summed E-state index contributed by atoms with van der Waals surface area (Å²) in [5.41, 5.74) is 1.20. The van der Waals surface area contributed by atoms with Crippen LogP contribution in [0.2, 0.25) is 0 Å². The predicted molar refractivity (Wildman–Crippen MR) is 117 cm³/mol. The van der Waals surface area contributed by atoms with E-state index in [1.807, 2.05) is 103 Å². The van der Waals surface area contributed by atoms with Gasteiger partial charge in [0.05, 0.1) is 6.54 Å². The molecule has 30 heavy (non-hydrogen) atoms. The number of amides is 3. The second-order valence-electron chi connectivity index (χ2n) is 7.44. The van der Waals surface area contributed by atoms with Crippen molar-refractivity contribution in [2.24, 2.45) is 0 Å². The molecule has 0 aromatic heterocycles.